The molecule has 1 aromatic heterocycles. The summed E-state index contributed by atoms with van der Waals surface area (Å²) in [5, 5.41) is 0. The van der Waals surface area contributed by atoms with Crippen LogP contribution in [0, 0.1) is 0 Å². The molecule has 0 bridgehead atoms. The molecule has 1 heterocycles. The second kappa shape index (κ2) is 6.64. The van der Waals surface area contributed by atoms with Crippen LogP contribution in [0.1, 0.15) is 0 Å². The molecule has 0 amide bonds. The summed E-state index contributed by atoms with van der Waals surface area (Å²) in [5.41, 5.74) is 2.80. The Hall–Kier alpha value is -2.73. The number of benzene rings is 2. The van der Waals surface area contributed by atoms with E-state index in [1.807, 2.05) is 53.2 Å². The van der Waals surface area contributed by atoms with E-state index in [2.05, 4.69) is 0 Å². The molecule has 5 nitrogen and oxygen atoms in total. The molecular weight excluding hydrogens is 338 g/mol. The van der Waals surface area contributed by atoms with Crippen molar-refractivity contribution < 1.29 is 17.9 Å². The summed E-state index contributed by atoms with van der Waals surface area (Å²) >= 11 is 0. The van der Waals surface area contributed by atoms with Gasteiger partial charge in [-0.3, -0.25) is 0 Å². The molecule has 6 heteroatoms. The Morgan fingerprint density at radius 3 is 2.16 bits per heavy atom. The molecule has 0 saturated heterocycles. The van der Waals surface area contributed by atoms with Gasteiger partial charge in [-0.2, -0.15) is 0 Å². The molecule has 0 spiro atoms. The third-order valence-corrected chi connectivity index (χ3v) is 5.10. The molecule has 0 unspecified atom stereocenters. The number of rotatable bonds is 5. The van der Waals surface area contributed by atoms with Gasteiger partial charge in [-0.1, -0.05) is 12.1 Å². The second-order valence-corrected chi connectivity index (χ2v) is 7.61. The van der Waals surface area contributed by atoms with Crippen LogP contribution < -0.4 is 9.47 Å². The van der Waals surface area contributed by atoms with E-state index < -0.39 is 9.84 Å². The van der Waals surface area contributed by atoms with Crippen molar-refractivity contribution >= 4 is 9.84 Å². The predicted molar refractivity (Wildman–Crippen MR) is 97.4 cm³/mol. The minimum absolute atomic E-state index is 0.306. The summed E-state index contributed by atoms with van der Waals surface area (Å²) < 4.78 is 35.9. The number of nitrogens with zero attached hydrogens (tertiary/aromatic N) is 1. The van der Waals surface area contributed by atoms with Crippen LogP contribution in [-0.4, -0.2) is 33.5 Å². The van der Waals surface area contributed by atoms with Crippen LogP contribution in [0.2, 0.25) is 0 Å². The monoisotopic (exact) mass is 357 g/mol. The van der Waals surface area contributed by atoms with Gasteiger partial charge >= 0.3 is 0 Å². The number of aromatic nitrogens is 1. The van der Waals surface area contributed by atoms with E-state index in [-0.39, 0.29) is 0 Å². The minimum atomic E-state index is -3.20. The predicted octanol–water partition coefficient (Wildman–Crippen LogP) is 3.57. The van der Waals surface area contributed by atoms with Crippen molar-refractivity contribution in [3.8, 4) is 28.4 Å². The summed E-state index contributed by atoms with van der Waals surface area (Å²) in [6.45, 7) is 0. The summed E-state index contributed by atoms with van der Waals surface area (Å²) in [5.74, 6) is 1.31. The van der Waals surface area contributed by atoms with Gasteiger partial charge in [0.05, 0.1) is 24.8 Å². The third-order valence-electron chi connectivity index (χ3n) is 3.97. The van der Waals surface area contributed by atoms with Gasteiger partial charge in [-0.25, -0.2) is 8.42 Å². The lowest BCUT2D eigenvalue weighted by molar-refractivity contribution is 0.355. The lowest BCUT2D eigenvalue weighted by Crippen LogP contribution is -1.99. The highest BCUT2D eigenvalue weighted by Crippen LogP contribution is 2.32. The maximum atomic E-state index is 11.6. The summed E-state index contributed by atoms with van der Waals surface area (Å²) in [7, 11) is -0.00614. The number of hydrogen-bond donors (Lipinski definition) is 0. The summed E-state index contributed by atoms with van der Waals surface area (Å²) in [4.78, 5) is 0.306. The zero-order chi connectivity index (χ0) is 18.0. The Morgan fingerprint density at radius 1 is 0.880 bits per heavy atom. The largest absolute Gasteiger partial charge is 0.493 e. The molecule has 0 aliphatic carbocycles. The molecule has 0 atom stereocenters. The fraction of sp³-hybridized carbons (Fsp3) is 0.158. The first-order valence-corrected chi connectivity index (χ1v) is 9.53. The first-order valence-electron chi connectivity index (χ1n) is 7.64. The minimum Gasteiger partial charge on any atom is -0.493 e. The van der Waals surface area contributed by atoms with Crippen molar-refractivity contribution in [2.45, 2.75) is 4.90 Å². The van der Waals surface area contributed by atoms with Crippen LogP contribution in [0.5, 0.6) is 11.5 Å². The molecule has 2 aromatic carbocycles. The van der Waals surface area contributed by atoms with Crippen molar-refractivity contribution in [2.24, 2.45) is 0 Å². The Bertz CT molecular complexity index is 989. The van der Waals surface area contributed by atoms with Crippen LogP contribution in [0.15, 0.2) is 65.7 Å². The first-order chi connectivity index (χ1) is 11.9. The van der Waals surface area contributed by atoms with Crippen molar-refractivity contribution in [3.63, 3.8) is 0 Å². The van der Waals surface area contributed by atoms with Crippen LogP contribution in [0.25, 0.3) is 16.9 Å². The van der Waals surface area contributed by atoms with Crippen molar-refractivity contribution in [1.29, 1.82) is 0 Å². The average Bonchev–Trinajstić information content (AvgIpc) is 3.10. The lowest BCUT2D eigenvalue weighted by atomic mass is 10.1. The van der Waals surface area contributed by atoms with E-state index in [0.717, 1.165) is 16.9 Å². The first kappa shape index (κ1) is 17.1. The Morgan fingerprint density at radius 2 is 1.56 bits per heavy atom. The highest BCUT2D eigenvalue weighted by atomic mass is 32.2. The van der Waals surface area contributed by atoms with Gasteiger partial charge in [0.15, 0.2) is 21.3 Å². The SMILES string of the molecule is COc1ccc(-n2cccc2-c2ccc(S(C)(=O)=O)cc2)cc1OC. The number of ether oxygens (including phenoxy) is 2. The molecule has 130 valence electrons. The molecule has 0 N–H and O–H groups in total. The Balaban J connectivity index is 2.04. The lowest BCUT2D eigenvalue weighted by Gasteiger charge is -2.13. The second-order valence-electron chi connectivity index (χ2n) is 5.60. The van der Waals surface area contributed by atoms with E-state index in [1.54, 1.807) is 26.4 Å². The zero-order valence-corrected chi connectivity index (χ0v) is 15.1. The maximum absolute atomic E-state index is 11.6. The third kappa shape index (κ3) is 3.39. The van der Waals surface area contributed by atoms with Gasteiger partial charge in [0.25, 0.3) is 0 Å². The van der Waals surface area contributed by atoms with Crippen LogP contribution in [0.4, 0.5) is 0 Å². The fourth-order valence-corrected chi connectivity index (χ4v) is 3.32. The Labute approximate surface area is 147 Å². The summed E-state index contributed by atoms with van der Waals surface area (Å²) in [6.07, 6.45) is 3.15. The van der Waals surface area contributed by atoms with E-state index in [9.17, 15) is 8.42 Å². The van der Waals surface area contributed by atoms with Gasteiger partial charge in [-0.05, 0) is 42.0 Å². The fourth-order valence-electron chi connectivity index (χ4n) is 2.69. The van der Waals surface area contributed by atoms with Crippen LogP contribution >= 0.6 is 0 Å². The van der Waals surface area contributed by atoms with Crippen LogP contribution in [-0.2, 0) is 9.84 Å². The normalized spacial score (nSPS) is 11.3. The van der Waals surface area contributed by atoms with Crippen molar-refractivity contribution in [1.82, 2.24) is 4.57 Å². The van der Waals surface area contributed by atoms with Gasteiger partial charge in [0, 0.05) is 24.2 Å². The standard InChI is InChI=1S/C19H19NO4S/c1-23-18-11-8-15(13-19(18)24-2)20-12-4-5-17(20)14-6-9-16(10-7-14)25(3,21)22/h4-13H,1-3H3. The van der Waals surface area contributed by atoms with E-state index in [4.69, 9.17) is 9.47 Å². The molecule has 0 radical (unpaired) electrons. The highest BCUT2D eigenvalue weighted by molar-refractivity contribution is 7.90. The molecular formula is C19H19NO4S. The van der Waals surface area contributed by atoms with Gasteiger partial charge in [-0.15, -0.1) is 0 Å². The van der Waals surface area contributed by atoms with Crippen molar-refractivity contribution in [2.75, 3.05) is 20.5 Å². The Kier molecular flexibility index (Phi) is 4.55. The molecule has 0 aliphatic heterocycles. The highest BCUT2D eigenvalue weighted by Gasteiger charge is 2.11. The van der Waals surface area contributed by atoms with Gasteiger partial charge < -0.3 is 14.0 Å². The molecule has 3 rings (SSSR count). The van der Waals surface area contributed by atoms with E-state index in [0.29, 0.717) is 16.4 Å². The number of sulfone groups is 1. The molecule has 0 fully saturated rings. The molecule has 0 saturated carbocycles. The smallest absolute Gasteiger partial charge is 0.175 e. The number of hydrogen-bond acceptors (Lipinski definition) is 4. The van der Waals surface area contributed by atoms with Crippen LogP contribution in [0.3, 0.4) is 0 Å². The van der Waals surface area contributed by atoms with Gasteiger partial charge in [0.2, 0.25) is 0 Å². The summed E-state index contributed by atoms with van der Waals surface area (Å²) in [6, 6.07) is 16.5. The molecule has 0 aliphatic rings. The molecule has 3 aromatic rings. The average molecular weight is 357 g/mol. The number of methoxy groups -OCH3 is 2. The van der Waals surface area contributed by atoms with Gasteiger partial charge in [0.1, 0.15) is 0 Å². The quantitative estimate of drug-likeness (QED) is 0.700. The topological polar surface area (TPSA) is 57.5 Å². The van der Waals surface area contributed by atoms with Crippen molar-refractivity contribution in [3.05, 3.63) is 60.8 Å². The maximum Gasteiger partial charge on any atom is 0.175 e. The van der Waals surface area contributed by atoms with E-state index >= 15 is 0 Å². The molecule has 25 heavy (non-hydrogen) atoms. The zero-order valence-electron chi connectivity index (χ0n) is 14.3. The van der Waals surface area contributed by atoms with E-state index in [1.165, 1.54) is 6.26 Å².